The molecule has 24 heteroatoms. The number of H-pyrrole nitrogens is 1. The zero-order chi connectivity index (χ0) is 32.5. The summed E-state index contributed by atoms with van der Waals surface area (Å²) in [6.45, 7) is 0.932. The molecule has 2 bridgehead atoms. The maximum atomic E-state index is 16.2. The SMILES string of the molecule is [BH3-][P@]1(=O)OCC2OC(n3cnc4c(=O)[nH]c(C)nc43)C(O[P@@]([BH3-])(=O)OCC3OC(n4cnc5c(N)ncnc54)C(F)C3O1)C2OC. The Hall–Kier alpha value is -3.06. The van der Waals surface area contributed by atoms with E-state index in [2.05, 4.69) is 29.9 Å². The minimum absolute atomic E-state index is 0.0654. The van der Waals surface area contributed by atoms with Crippen molar-refractivity contribution in [1.29, 1.82) is 0 Å². The van der Waals surface area contributed by atoms with Gasteiger partial charge in [0.05, 0.1) is 41.0 Å². The van der Waals surface area contributed by atoms with E-state index in [0.29, 0.717) is 5.82 Å². The predicted octanol–water partition coefficient (Wildman–Crippen LogP) is -1.24. The fourth-order valence-electron chi connectivity index (χ4n) is 5.45. The average Bonchev–Trinajstić information content (AvgIpc) is 3.75. The number of aromatic nitrogens is 8. The quantitative estimate of drug-likeness (QED) is 0.190. The lowest BCUT2D eigenvalue weighted by atomic mass is 10.1. The van der Waals surface area contributed by atoms with E-state index in [1.807, 2.05) is 0 Å². The number of nitrogens with one attached hydrogen (secondary N) is 1. The van der Waals surface area contributed by atoms with E-state index in [4.69, 9.17) is 38.0 Å². The Morgan fingerprint density at radius 3 is 2.30 bits per heavy atom. The molecule has 0 aliphatic carbocycles. The summed E-state index contributed by atoms with van der Waals surface area (Å²) in [7, 11) is -8.44. The molecule has 4 aromatic rings. The largest absolute Gasteiger partial charge is 0.382 e. The highest BCUT2D eigenvalue weighted by molar-refractivity contribution is 7.79. The number of rotatable bonds is 3. The van der Waals surface area contributed by atoms with Gasteiger partial charge in [0.25, 0.3) is 5.56 Å². The zero-order valence-corrected chi connectivity index (χ0v) is 24.6. The molecule has 3 aliphatic rings. The number of alkyl halides is 1. The third-order valence-electron chi connectivity index (χ3n) is 7.41. The third-order valence-corrected chi connectivity index (χ3v) is 8.97. The van der Waals surface area contributed by atoms with Gasteiger partial charge in [-0.05, 0) is 6.92 Å². The van der Waals surface area contributed by atoms with E-state index in [-0.39, 0.29) is 34.8 Å². The number of hydrogen-bond acceptors (Lipinski definition) is 16. The third kappa shape index (κ3) is 5.50. The van der Waals surface area contributed by atoms with Gasteiger partial charge in [-0.3, -0.25) is 13.9 Å². The monoisotopic (exact) mass is 683 g/mol. The van der Waals surface area contributed by atoms with E-state index in [1.54, 1.807) is 6.92 Å². The summed E-state index contributed by atoms with van der Waals surface area (Å²) >= 11 is 0. The first-order valence-electron chi connectivity index (χ1n) is 13.1. The van der Waals surface area contributed by atoms with Gasteiger partial charge < -0.3 is 52.2 Å². The Kier molecular flexibility index (Phi) is 7.93. The van der Waals surface area contributed by atoms with Gasteiger partial charge in [0.1, 0.15) is 63.1 Å². The van der Waals surface area contributed by atoms with Crippen LogP contribution >= 0.6 is 14.9 Å². The number of hydrogen-bond donors (Lipinski definition) is 2. The maximum Gasteiger partial charge on any atom is 0.279 e. The van der Waals surface area contributed by atoms with E-state index in [9.17, 15) is 13.9 Å². The minimum atomic E-state index is -3.76. The van der Waals surface area contributed by atoms with Gasteiger partial charge in [-0.1, -0.05) is 0 Å². The normalized spacial score (nSPS) is 37.2. The van der Waals surface area contributed by atoms with Gasteiger partial charge >= 0.3 is 0 Å². The van der Waals surface area contributed by atoms with E-state index in [0.717, 1.165) is 0 Å². The van der Waals surface area contributed by atoms with E-state index >= 15 is 4.39 Å². The van der Waals surface area contributed by atoms with Crippen LogP contribution in [0, 0.1) is 6.92 Å². The maximum absolute atomic E-state index is 16.2. The number of nitrogens with two attached hydrogens (primary N) is 1. The average molecular weight is 683 g/mol. The molecule has 248 valence electrons. The fourth-order valence-corrected chi connectivity index (χ4v) is 6.98. The molecular weight excluding hydrogens is 653 g/mol. The van der Waals surface area contributed by atoms with Gasteiger partial charge in [-0.2, -0.15) is 0 Å². The van der Waals surface area contributed by atoms with Crippen molar-refractivity contribution in [3.05, 3.63) is 35.2 Å². The Morgan fingerprint density at radius 1 is 0.957 bits per heavy atom. The molecule has 7 heterocycles. The van der Waals surface area contributed by atoms with Crippen LogP contribution in [0.3, 0.4) is 0 Å². The molecule has 10 atom stereocenters. The highest BCUT2D eigenvalue weighted by atomic mass is 31.2. The molecule has 3 aliphatic heterocycles. The summed E-state index contributed by atoms with van der Waals surface area (Å²) in [5.41, 5.74) is 6.20. The molecule has 0 saturated carbocycles. The van der Waals surface area contributed by atoms with Crippen molar-refractivity contribution in [3.63, 3.8) is 0 Å². The summed E-state index contributed by atoms with van der Waals surface area (Å²) in [4.78, 5) is 36.0. The Bertz CT molecular complexity index is 1970. The number of imidazole rings is 2. The van der Waals surface area contributed by atoms with Crippen LogP contribution in [-0.4, -0.2) is 111 Å². The van der Waals surface area contributed by atoms with Crippen LogP contribution in [-0.2, 0) is 41.4 Å². The second-order valence-electron chi connectivity index (χ2n) is 10.0. The number of aryl methyl sites for hydroxylation is 1. The number of nitrogens with zero attached hydrogens (tertiary/aromatic N) is 7. The van der Waals surface area contributed by atoms with Crippen molar-refractivity contribution in [2.75, 3.05) is 26.1 Å². The molecule has 3 N–H and O–H groups in total. The molecule has 19 nitrogen and oxygen atoms in total. The Labute approximate surface area is 260 Å². The van der Waals surface area contributed by atoms with Crippen molar-refractivity contribution in [2.45, 2.75) is 56.1 Å². The van der Waals surface area contributed by atoms with Crippen molar-refractivity contribution >= 4 is 58.2 Å². The molecule has 3 saturated heterocycles. The number of anilines is 1. The molecule has 3 fully saturated rings. The van der Waals surface area contributed by atoms with Gasteiger partial charge in [-0.15, -0.1) is 0 Å². The van der Waals surface area contributed by atoms with Crippen LogP contribution in [0.5, 0.6) is 0 Å². The van der Waals surface area contributed by atoms with Crippen molar-refractivity contribution < 1.29 is 45.8 Å². The lowest BCUT2D eigenvalue weighted by molar-refractivity contribution is -0.0578. The van der Waals surface area contributed by atoms with Crippen LogP contribution in [0.4, 0.5) is 10.2 Å². The lowest BCUT2D eigenvalue weighted by Gasteiger charge is -2.31. The standard InChI is InChI=1S/C22H30B2FN9O10P2/c1-8-31-19-13(20(35)32-8)30-7-34(19)22-16-15(38-2)10(42-22)4-40-45(23,36)43-14-9(3-39-46(24,37)44-16)41-21(11(14)25)33-6-29-12-17(26)27-5-28-18(12)33/h5-7,9-11,14-16,21-22H,3-4H2,1-2,23-24H3,(H2,26,27,28)(H,31,32,35)/q-2/t9?,10?,11?,14?,15?,16?,21?,22?,45-,46-/m0/s1. The first-order chi connectivity index (χ1) is 21.9. The Morgan fingerprint density at radius 2 is 1.59 bits per heavy atom. The van der Waals surface area contributed by atoms with Gasteiger partial charge in [0.2, 0.25) is 0 Å². The van der Waals surface area contributed by atoms with Crippen molar-refractivity contribution in [1.82, 2.24) is 39.0 Å². The van der Waals surface area contributed by atoms with Crippen molar-refractivity contribution in [2.24, 2.45) is 0 Å². The molecule has 0 aromatic carbocycles. The second-order valence-corrected chi connectivity index (χ2v) is 11.8. The minimum Gasteiger partial charge on any atom is -0.382 e. The number of ether oxygens (including phenoxy) is 3. The zero-order valence-electron chi connectivity index (χ0n) is 22.8. The summed E-state index contributed by atoms with van der Waals surface area (Å²) in [6.07, 6.45) is -5.70. The van der Waals surface area contributed by atoms with Crippen LogP contribution in [0.15, 0.2) is 23.8 Å². The number of methoxy groups -OCH3 is 1. The molecule has 0 amide bonds. The van der Waals surface area contributed by atoms with Crippen LogP contribution in [0.2, 0.25) is 0 Å². The van der Waals surface area contributed by atoms with Gasteiger partial charge in [-0.25, -0.2) is 29.3 Å². The predicted molar refractivity (Wildman–Crippen MR) is 163 cm³/mol. The highest BCUT2D eigenvalue weighted by Gasteiger charge is 2.52. The molecule has 0 radical (unpaired) electrons. The first kappa shape index (κ1) is 31.5. The van der Waals surface area contributed by atoms with Gasteiger partial charge in [0, 0.05) is 7.11 Å². The molecule has 4 aromatic heterocycles. The topological polar surface area (TPSA) is 232 Å². The van der Waals surface area contributed by atoms with Crippen molar-refractivity contribution in [3.8, 4) is 0 Å². The summed E-state index contributed by atoms with van der Waals surface area (Å²) < 4.78 is 88.5. The molecule has 8 unspecified atom stereocenters. The summed E-state index contributed by atoms with van der Waals surface area (Å²) in [5.74, 6) is 0.446. The summed E-state index contributed by atoms with van der Waals surface area (Å²) in [6, 6.07) is 0. The number of aromatic amines is 1. The highest BCUT2D eigenvalue weighted by Crippen LogP contribution is 2.54. The van der Waals surface area contributed by atoms with Crippen LogP contribution < -0.4 is 11.3 Å². The smallest absolute Gasteiger partial charge is 0.279 e. The lowest BCUT2D eigenvalue weighted by Crippen LogP contribution is -2.37. The molecular formula is C22H30B2FN9O10P2-2. The van der Waals surface area contributed by atoms with Gasteiger partial charge in [0.15, 0.2) is 41.3 Å². The van der Waals surface area contributed by atoms with Crippen LogP contribution in [0.25, 0.3) is 22.3 Å². The number of nitrogen functional groups attached to an aromatic ring is 1. The molecule has 46 heavy (non-hydrogen) atoms. The molecule has 0 spiro atoms. The first-order valence-corrected chi connectivity index (χ1v) is 15.3. The summed E-state index contributed by atoms with van der Waals surface area (Å²) in [5, 5.41) is 0. The molecule has 7 rings (SSSR count). The second kappa shape index (κ2) is 11.6. The van der Waals surface area contributed by atoms with E-state index in [1.165, 1.54) is 35.2 Å². The van der Waals surface area contributed by atoms with Crippen LogP contribution in [0.1, 0.15) is 18.3 Å². The van der Waals surface area contributed by atoms with E-state index < -0.39 is 91.4 Å². The Balaban J connectivity index is 1.22. The number of halogens is 1. The fraction of sp³-hybridized carbons (Fsp3) is 0.545. The number of fused-ring (bicyclic) bond motifs is 5.